The van der Waals surface area contributed by atoms with E-state index in [0.29, 0.717) is 6.54 Å². The van der Waals surface area contributed by atoms with Crippen LogP contribution in [0.3, 0.4) is 0 Å². The zero-order chi connectivity index (χ0) is 16.0. The Hall–Kier alpha value is -1.75. The predicted molar refractivity (Wildman–Crippen MR) is 86.1 cm³/mol. The molecule has 122 valence electrons. The van der Waals surface area contributed by atoms with Crippen LogP contribution in [0.4, 0.5) is 0 Å². The number of nitrogens with two attached hydrogens (primary N) is 1. The van der Waals surface area contributed by atoms with E-state index in [2.05, 4.69) is 5.32 Å². The van der Waals surface area contributed by atoms with E-state index in [9.17, 15) is 4.79 Å². The van der Waals surface area contributed by atoms with Crippen LogP contribution in [0.15, 0.2) is 24.3 Å². The number of hydrogen-bond acceptors (Lipinski definition) is 4. The second-order valence-corrected chi connectivity index (χ2v) is 6.03. The van der Waals surface area contributed by atoms with E-state index in [1.807, 2.05) is 31.2 Å². The van der Waals surface area contributed by atoms with Gasteiger partial charge in [0.15, 0.2) is 0 Å². The number of amides is 1. The van der Waals surface area contributed by atoms with Crippen LogP contribution < -0.4 is 20.5 Å². The minimum atomic E-state index is -0.700. The Morgan fingerprint density at radius 3 is 2.68 bits per heavy atom. The molecule has 0 radical (unpaired) electrons. The second kappa shape index (κ2) is 7.49. The summed E-state index contributed by atoms with van der Waals surface area (Å²) in [6.45, 7) is 2.36. The lowest BCUT2D eigenvalue weighted by Gasteiger charge is -2.32. The van der Waals surface area contributed by atoms with Gasteiger partial charge in [-0.3, -0.25) is 4.79 Å². The highest BCUT2D eigenvalue weighted by molar-refractivity contribution is 5.86. The molecule has 1 aliphatic rings. The minimum absolute atomic E-state index is 0.0618. The number of hydrogen-bond donors (Lipinski definition) is 2. The normalized spacial score (nSPS) is 18.3. The molecule has 0 saturated heterocycles. The van der Waals surface area contributed by atoms with Crippen LogP contribution in [0.25, 0.3) is 0 Å². The van der Waals surface area contributed by atoms with Crippen LogP contribution in [0.5, 0.6) is 11.5 Å². The van der Waals surface area contributed by atoms with Gasteiger partial charge in [-0.05, 0) is 31.9 Å². The number of methoxy groups -OCH3 is 1. The van der Waals surface area contributed by atoms with E-state index in [0.717, 1.165) is 37.2 Å². The fraction of sp³-hybridized carbons (Fsp3) is 0.588. The summed E-state index contributed by atoms with van der Waals surface area (Å²) in [5.74, 6) is 1.41. The van der Waals surface area contributed by atoms with Gasteiger partial charge in [0, 0.05) is 6.07 Å². The highest BCUT2D eigenvalue weighted by atomic mass is 16.5. The molecule has 0 aliphatic heterocycles. The van der Waals surface area contributed by atoms with E-state index < -0.39 is 5.54 Å². The van der Waals surface area contributed by atoms with Crippen molar-refractivity contribution in [3.05, 3.63) is 24.3 Å². The van der Waals surface area contributed by atoms with Crippen LogP contribution in [0.1, 0.15) is 39.0 Å². The van der Waals surface area contributed by atoms with Crippen molar-refractivity contribution in [1.29, 1.82) is 0 Å². The molecule has 1 atom stereocenters. The van der Waals surface area contributed by atoms with Gasteiger partial charge in [-0.25, -0.2) is 0 Å². The first-order valence-corrected chi connectivity index (χ1v) is 7.91. The Balaban J connectivity index is 1.81. The summed E-state index contributed by atoms with van der Waals surface area (Å²) in [4.78, 5) is 12.3. The second-order valence-electron chi connectivity index (χ2n) is 6.03. The van der Waals surface area contributed by atoms with Gasteiger partial charge in [0.05, 0.1) is 19.2 Å². The molecule has 1 aromatic rings. The van der Waals surface area contributed by atoms with Gasteiger partial charge in [-0.2, -0.15) is 0 Å². The third-order valence-electron chi connectivity index (χ3n) is 4.13. The lowest BCUT2D eigenvalue weighted by atomic mass is 9.82. The number of ether oxygens (including phenoxy) is 2. The van der Waals surface area contributed by atoms with Gasteiger partial charge in [0.25, 0.3) is 0 Å². The number of nitrogens with one attached hydrogen (secondary N) is 1. The fourth-order valence-electron chi connectivity index (χ4n) is 2.77. The van der Waals surface area contributed by atoms with Crippen molar-refractivity contribution in [1.82, 2.24) is 5.32 Å². The molecule has 1 aromatic carbocycles. The van der Waals surface area contributed by atoms with Crippen LogP contribution >= 0.6 is 0 Å². The number of rotatable bonds is 6. The van der Waals surface area contributed by atoms with E-state index >= 15 is 0 Å². The zero-order valence-electron chi connectivity index (χ0n) is 13.4. The minimum Gasteiger partial charge on any atom is -0.497 e. The van der Waals surface area contributed by atoms with Gasteiger partial charge in [-0.15, -0.1) is 0 Å². The first kappa shape index (κ1) is 16.6. The average molecular weight is 306 g/mol. The van der Waals surface area contributed by atoms with Crippen LogP contribution in [0, 0.1) is 0 Å². The zero-order valence-corrected chi connectivity index (χ0v) is 13.4. The van der Waals surface area contributed by atoms with Gasteiger partial charge < -0.3 is 20.5 Å². The van der Waals surface area contributed by atoms with Gasteiger partial charge in [0.2, 0.25) is 5.91 Å². The highest BCUT2D eigenvalue weighted by Gasteiger charge is 2.35. The molecule has 1 aliphatic carbocycles. The molecular weight excluding hydrogens is 280 g/mol. The average Bonchev–Trinajstić information content (AvgIpc) is 2.53. The van der Waals surface area contributed by atoms with Crippen molar-refractivity contribution in [2.75, 3.05) is 13.7 Å². The van der Waals surface area contributed by atoms with Crippen molar-refractivity contribution in [3.63, 3.8) is 0 Å². The molecule has 0 heterocycles. The highest BCUT2D eigenvalue weighted by Crippen LogP contribution is 2.26. The Bertz CT molecular complexity index is 498. The molecule has 5 heteroatoms. The molecule has 0 aromatic heterocycles. The van der Waals surface area contributed by atoms with Gasteiger partial charge >= 0.3 is 0 Å². The van der Waals surface area contributed by atoms with E-state index in [1.54, 1.807) is 7.11 Å². The molecule has 1 saturated carbocycles. The predicted octanol–water partition coefficient (Wildman–Crippen LogP) is 2.24. The molecule has 1 fully saturated rings. The quantitative estimate of drug-likeness (QED) is 0.845. The maximum atomic E-state index is 12.3. The molecule has 3 N–H and O–H groups in total. The largest absolute Gasteiger partial charge is 0.497 e. The summed E-state index contributed by atoms with van der Waals surface area (Å²) >= 11 is 0. The van der Waals surface area contributed by atoms with E-state index in [4.69, 9.17) is 15.2 Å². The topological polar surface area (TPSA) is 73.6 Å². The van der Waals surface area contributed by atoms with Crippen molar-refractivity contribution < 1.29 is 14.3 Å². The first-order valence-electron chi connectivity index (χ1n) is 7.91. The monoisotopic (exact) mass is 306 g/mol. The standard InChI is InChI=1S/C17H26N2O3/c1-13(22-15-8-6-7-14(11-15)21-2)12-19-16(20)17(18)9-4-3-5-10-17/h6-8,11,13H,3-5,9-10,12,18H2,1-2H3,(H,19,20). The summed E-state index contributed by atoms with van der Waals surface area (Å²) in [5.41, 5.74) is 5.51. The third kappa shape index (κ3) is 4.37. The number of carbonyl (C=O) groups is 1. The van der Waals surface area contributed by atoms with Gasteiger partial charge in [0.1, 0.15) is 17.6 Å². The Morgan fingerprint density at radius 2 is 2.00 bits per heavy atom. The van der Waals surface area contributed by atoms with Crippen LogP contribution in [0.2, 0.25) is 0 Å². The molecule has 5 nitrogen and oxygen atoms in total. The van der Waals surface area contributed by atoms with Crippen molar-refractivity contribution in [3.8, 4) is 11.5 Å². The van der Waals surface area contributed by atoms with E-state index in [-0.39, 0.29) is 12.0 Å². The maximum Gasteiger partial charge on any atom is 0.240 e. The van der Waals surface area contributed by atoms with Crippen LogP contribution in [-0.4, -0.2) is 31.2 Å². The first-order chi connectivity index (χ1) is 10.5. The summed E-state index contributed by atoms with van der Waals surface area (Å²) in [6, 6.07) is 7.42. The molecule has 1 amide bonds. The molecule has 0 bridgehead atoms. The Kier molecular flexibility index (Phi) is 5.66. The van der Waals surface area contributed by atoms with Crippen molar-refractivity contribution in [2.24, 2.45) is 5.73 Å². The summed E-state index contributed by atoms with van der Waals surface area (Å²) in [5, 5.41) is 2.92. The van der Waals surface area contributed by atoms with Crippen LogP contribution in [-0.2, 0) is 4.79 Å². The Labute approximate surface area is 132 Å². The summed E-state index contributed by atoms with van der Waals surface area (Å²) in [6.07, 6.45) is 4.62. The Morgan fingerprint density at radius 1 is 1.32 bits per heavy atom. The third-order valence-corrected chi connectivity index (χ3v) is 4.13. The number of carbonyl (C=O) groups excluding carboxylic acids is 1. The molecular formula is C17H26N2O3. The van der Waals surface area contributed by atoms with Gasteiger partial charge in [-0.1, -0.05) is 25.3 Å². The SMILES string of the molecule is COc1cccc(OC(C)CNC(=O)C2(N)CCCCC2)c1. The summed E-state index contributed by atoms with van der Waals surface area (Å²) in [7, 11) is 1.62. The van der Waals surface area contributed by atoms with E-state index in [1.165, 1.54) is 6.42 Å². The van der Waals surface area contributed by atoms with Crippen molar-refractivity contribution >= 4 is 5.91 Å². The molecule has 22 heavy (non-hydrogen) atoms. The number of benzene rings is 1. The smallest absolute Gasteiger partial charge is 0.240 e. The fourth-order valence-corrected chi connectivity index (χ4v) is 2.77. The lowest BCUT2D eigenvalue weighted by molar-refractivity contribution is -0.127. The van der Waals surface area contributed by atoms with Crippen molar-refractivity contribution in [2.45, 2.75) is 50.7 Å². The molecule has 0 spiro atoms. The maximum absolute atomic E-state index is 12.3. The summed E-state index contributed by atoms with van der Waals surface area (Å²) < 4.78 is 11.0. The molecule has 1 unspecified atom stereocenters. The molecule has 2 rings (SSSR count). The lowest BCUT2D eigenvalue weighted by Crippen LogP contribution is -2.56.